The number of hydrogen-bond donors (Lipinski definition) is 1. The van der Waals surface area contributed by atoms with Crippen molar-refractivity contribution in [2.75, 3.05) is 11.9 Å². The second-order valence-corrected chi connectivity index (χ2v) is 7.36. The molecule has 2 aromatic rings. The summed E-state index contributed by atoms with van der Waals surface area (Å²) in [6.07, 6.45) is 0. The first-order valence-corrected chi connectivity index (χ1v) is 8.28. The number of nitrogens with one attached hydrogen (secondary N) is 1. The van der Waals surface area contributed by atoms with Gasteiger partial charge in [0.2, 0.25) is 0 Å². The average molecular weight is 325 g/mol. The lowest BCUT2D eigenvalue weighted by Gasteiger charge is -2.23. The molecule has 2 aromatic carbocycles. The Morgan fingerprint density at radius 2 is 1.62 bits per heavy atom. The van der Waals surface area contributed by atoms with Gasteiger partial charge in [-0.3, -0.25) is 4.79 Å². The summed E-state index contributed by atoms with van der Waals surface area (Å²) >= 11 is 0. The van der Waals surface area contributed by atoms with Crippen LogP contribution in [0.2, 0.25) is 0 Å². The molecule has 0 aliphatic heterocycles. The number of carbonyl (C=O) groups is 1. The molecule has 0 aliphatic rings. The van der Waals surface area contributed by atoms with Crippen molar-refractivity contribution in [1.82, 2.24) is 0 Å². The molecule has 0 bridgehead atoms. The summed E-state index contributed by atoms with van der Waals surface area (Å²) in [6.45, 7) is 12.5. The van der Waals surface area contributed by atoms with E-state index in [1.165, 1.54) is 5.56 Å². The van der Waals surface area contributed by atoms with Gasteiger partial charge in [0.1, 0.15) is 5.75 Å². The van der Waals surface area contributed by atoms with Crippen LogP contribution in [0.4, 0.5) is 5.69 Å². The third kappa shape index (κ3) is 4.38. The highest BCUT2D eigenvalue weighted by Gasteiger charge is 2.18. The zero-order valence-electron chi connectivity index (χ0n) is 15.5. The normalized spacial score (nSPS) is 11.2. The van der Waals surface area contributed by atoms with Gasteiger partial charge in [0.25, 0.3) is 5.91 Å². The zero-order valence-corrected chi connectivity index (χ0v) is 15.5. The summed E-state index contributed by atoms with van der Waals surface area (Å²) < 4.78 is 5.77. The molecular weight excluding hydrogens is 298 g/mol. The van der Waals surface area contributed by atoms with Crippen molar-refractivity contribution >= 4 is 11.6 Å². The van der Waals surface area contributed by atoms with Gasteiger partial charge >= 0.3 is 0 Å². The Labute approximate surface area is 145 Å². The van der Waals surface area contributed by atoms with Gasteiger partial charge in [0.05, 0.1) is 0 Å². The standard InChI is InChI=1S/C21H27NO2/c1-14-11-15(2)20(16(3)12-14)24-13-19(23)22-18-10-8-7-9-17(18)21(4,5)6/h7-12H,13H2,1-6H3,(H,22,23). The Hall–Kier alpha value is -2.29. The van der Waals surface area contributed by atoms with Crippen molar-refractivity contribution < 1.29 is 9.53 Å². The first kappa shape index (κ1) is 18.1. The summed E-state index contributed by atoms with van der Waals surface area (Å²) in [6, 6.07) is 12.0. The van der Waals surface area contributed by atoms with Gasteiger partial charge in [0.15, 0.2) is 6.61 Å². The minimum absolute atomic E-state index is 0.00319. The molecule has 3 heteroatoms. The van der Waals surface area contributed by atoms with Gasteiger partial charge in [-0.2, -0.15) is 0 Å². The van der Waals surface area contributed by atoms with E-state index in [0.717, 1.165) is 28.1 Å². The molecule has 0 aliphatic carbocycles. The SMILES string of the molecule is Cc1cc(C)c(OCC(=O)Nc2ccccc2C(C)(C)C)c(C)c1. The van der Waals surface area contributed by atoms with E-state index in [2.05, 4.69) is 45.1 Å². The number of aryl methyl sites for hydroxylation is 3. The van der Waals surface area contributed by atoms with Crippen LogP contribution in [-0.4, -0.2) is 12.5 Å². The zero-order chi connectivity index (χ0) is 17.9. The molecule has 0 saturated heterocycles. The summed E-state index contributed by atoms with van der Waals surface area (Å²) in [5.74, 6) is 0.644. The largest absolute Gasteiger partial charge is 0.483 e. The molecule has 24 heavy (non-hydrogen) atoms. The topological polar surface area (TPSA) is 38.3 Å². The lowest BCUT2D eigenvalue weighted by Crippen LogP contribution is -2.23. The molecule has 0 aromatic heterocycles. The molecule has 0 fully saturated rings. The van der Waals surface area contributed by atoms with Gasteiger partial charge < -0.3 is 10.1 Å². The maximum Gasteiger partial charge on any atom is 0.262 e. The van der Waals surface area contributed by atoms with Crippen LogP contribution < -0.4 is 10.1 Å². The Bertz CT molecular complexity index is 719. The van der Waals surface area contributed by atoms with Crippen molar-refractivity contribution in [3.05, 3.63) is 58.7 Å². The van der Waals surface area contributed by atoms with Gasteiger partial charge in [0, 0.05) is 5.69 Å². The fourth-order valence-electron chi connectivity index (χ4n) is 2.96. The number of benzene rings is 2. The Kier molecular flexibility index (Phi) is 5.33. The van der Waals surface area contributed by atoms with Crippen molar-refractivity contribution in [1.29, 1.82) is 0 Å². The highest BCUT2D eigenvalue weighted by atomic mass is 16.5. The minimum atomic E-state index is -0.147. The Morgan fingerprint density at radius 3 is 2.21 bits per heavy atom. The van der Waals surface area contributed by atoms with Gasteiger partial charge in [-0.25, -0.2) is 0 Å². The number of hydrogen-bond acceptors (Lipinski definition) is 2. The molecule has 128 valence electrons. The predicted octanol–water partition coefficient (Wildman–Crippen LogP) is 4.93. The molecule has 1 N–H and O–H groups in total. The van der Waals surface area contributed by atoms with Crippen LogP contribution in [0.25, 0.3) is 0 Å². The molecule has 1 amide bonds. The number of amides is 1. The van der Waals surface area contributed by atoms with Crippen molar-refractivity contribution in [3.8, 4) is 5.75 Å². The van der Waals surface area contributed by atoms with E-state index in [-0.39, 0.29) is 17.9 Å². The monoisotopic (exact) mass is 325 g/mol. The Balaban J connectivity index is 2.08. The number of rotatable bonds is 4. The summed E-state index contributed by atoms with van der Waals surface area (Å²) in [5.41, 5.74) is 5.22. The number of carbonyl (C=O) groups excluding carboxylic acids is 1. The first-order chi connectivity index (χ1) is 11.2. The first-order valence-electron chi connectivity index (χ1n) is 8.28. The van der Waals surface area contributed by atoms with Crippen LogP contribution in [0, 0.1) is 20.8 Å². The van der Waals surface area contributed by atoms with E-state index < -0.39 is 0 Å². The van der Waals surface area contributed by atoms with Crippen LogP contribution in [0.1, 0.15) is 43.0 Å². The molecule has 0 atom stereocenters. The molecule has 0 spiro atoms. The number of ether oxygens (including phenoxy) is 1. The van der Waals surface area contributed by atoms with Crippen LogP contribution in [0.15, 0.2) is 36.4 Å². The maximum atomic E-state index is 12.3. The van der Waals surface area contributed by atoms with E-state index in [0.29, 0.717) is 0 Å². The third-order valence-corrected chi connectivity index (χ3v) is 3.96. The molecule has 0 heterocycles. The van der Waals surface area contributed by atoms with Crippen molar-refractivity contribution in [2.45, 2.75) is 47.0 Å². The van der Waals surface area contributed by atoms with E-state index in [9.17, 15) is 4.79 Å². The molecule has 3 nitrogen and oxygen atoms in total. The van der Waals surface area contributed by atoms with Gasteiger partial charge in [-0.15, -0.1) is 0 Å². The van der Waals surface area contributed by atoms with E-state index in [4.69, 9.17) is 4.74 Å². The third-order valence-electron chi connectivity index (χ3n) is 3.96. The predicted molar refractivity (Wildman–Crippen MR) is 99.9 cm³/mol. The second-order valence-electron chi connectivity index (χ2n) is 7.36. The van der Waals surface area contributed by atoms with Crippen LogP contribution in [0.5, 0.6) is 5.75 Å². The second kappa shape index (κ2) is 7.08. The maximum absolute atomic E-state index is 12.3. The minimum Gasteiger partial charge on any atom is -0.483 e. The van der Waals surface area contributed by atoms with Crippen LogP contribution in [0.3, 0.4) is 0 Å². The van der Waals surface area contributed by atoms with E-state index >= 15 is 0 Å². The summed E-state index contributed by atoms with van der Waals surface area (Å²) in [7, 11) is 0. The van der Waals surface area contributed by atoms with Crippen LogP contribution >= 0.6 is 0 Å². The summed E-state index contributed by atoms with van der Waals surface area (Å²) in [5, 5.41) is 2.97. The number of anilines is 1. The highest BCUT2D eigenvalue weighted by Crippen LogP contribution is 2.29. The van der Waals surface area contributed by atoms with Gasteiger partial charge in [-0.1, -0.05) is 56.7 Å². The van der Waals surface area contributed by atoms with Crippen molar-refractivity contribution in [3.63, 3.8) is 0 Å². The molecular formula is C21H27NO2. The lowest BCUT2D eigenvalue weighted by atomic mass is 9.86. The molecule has 0 unspecified atom stereocenters. The molecule has 0 radical (unpaired) electrons. The van der Waals surface area contributed by atoms with Crippen molar-refractivity contribution in [2.24, 2.45) is 0 Å². The lowest BCUT2D eigenvalue weighted by molar-refractivity contribution is -0.118. The van der Waals surface area contributed by atoms with E-state index in [1.807, 2.05) is 38.1 Å². The van der Waals surface area contributed by atoms with Crippen LogP contribution in [-0.2, 0) is 10.2 Å². The highest BCUT2D eigenvalue weighted by molar-refractivity contribution is 5.92. The fraction of sp³-hybridized carbons (Fsp3) is 0.381. The molecule has 0 saturated carbocycles. The van der Waals surface area contributed by atoms with E-state index in [1.54, 1.807) is 0 Å². The smallest absolute Gasteiger partial charge is 0.262 e. The fourth-order valence-corrected chi connectivity index (χ4v) is 2.96. The Morgan fingerprint density at radius 1 is 1.04 bits per heavy atom. The van der Waals surface area contributed by atoms with Gasteiger partial charge in [-0.05, 0) is 48.9 Å². The molecule has 2 rings (SSSR count). The summed E-state index contributed by atoms with van der Waals surface area (Å²) in [4.78, 5) is 12.3. The number of para-hydroxylation sites is 1. The average Bonchev–Trinajstić information content (AvgIpc) is 2.45. The quantitative estimate of drug-likeness (QED) is 0.866.